The minimum absolute atomic E-state index is 0.151. The van der Waals surface area contributed by atoms with Gasteiger partial charge in [-0.05, 0) is 53.9 Å². The van der Waals surface area contributed by atoms with Crippen LogP contribution in [0.25, 0.3) is 0 Å². The number of carbonyl (C=O) groups excluding carboxylic acids is 1. The van der Waals surface area contributed by atoms with Crippen LogP contribution in [0.5, 0.6) is 0 Å². The third-order valence-electron chi connectivity index (χ3n) is 3.53. The first-order chi connectivity index (χ1) is 9.52. The highest BCUT2D eigenvalue weighted by atomic mass is 19.1. The molecule has 2 N–H and O–H groups in total. The van der Waals surface area contributed by atoms with E-state index in [-0.39, 0.29) is 11.7 Å². The van der Waals surface area contributed by atoms with Crippen molar-refractivity contribution in [3.63, 3.8) is 0 Å². The summed E-state index contributed by atoms with van der Waals surface area (Å²) < 4.78 is 13.4. The van der Waals surface area contributed by atoms with Gasteiger partial charge in [-0.1, -0.05) is 6.07 Å². The Balaban J connectivity index is 1.87. The summed E-state index contributed by atoms with van der Waals surface area (Å²) in [7, 11) is 0. The zero-order valence-corrected chi connectivity index (χ0v) is 11.2. The second-order valence-electron chi connectivity index (χ2n) is 5.21. The summed E-state index contributed by atoms with van der Waals surface area (Å²) in [5.41, 5.74) is 9.74. The molecule has 1 aliphatic heterocycles. The molecule has 0 aromatic heterocycles. The molecule has 0 spiro atoms. The summed E-state index contributed by atoms with van der Waals surface area (Å²) >= 11 is 0. The van der Waals surface area contributed by atoms with Gasteiger partial charge in [0.25, 0.3) is 5.91 Å². The highest BCUT2D eigenvalue weighted by Crippen LogP contribution is 2.26. The summed E-state index contributed by atoms with van der Waals surface area (Å²) in [6, 6.07) is 10.1. The van der Waals surface area contributed by atoms with Crippen LogP contribution in [0.2, 0.25) is 0 Å². The maximum absolute atomic E-state index is 13.4. The van der Waals surface area contributed by atoms with Gasteiger partial charge < -0.3 is 10.6 Å². The van der Waals surface area contributed by atoms with E-state index in [1.54, 1.807) is 17.9 Å². The first-order valence-electron chi connectivity index (χ1n) is 6.47. The first kappa shape index (κ1) is 12.7. The van der Waals surface area contributed by atoms with Crippen LogP contribution in [0.15, 0.2) is 36.4 Å². The standard InChI is InChI=1S/C16H15FN2O/c1-10-4-12(6-14(17)5-10)16(20)19-8-11-2-3-15(18)7-13(11)9-19/h2-7H,8-9,18H2,1H3. The van der Waals surface area contributed by atoms with Crippen molar-refractivity contribution in [1.82, 2.24) is 4.90 Å². The predicted molar refractivity (Wildman–Crippen MR) is 75.6 cm³/mol. The number of halogens is 1. The highest BCUT2D eigenvalue weighted by molar-refractivity contribution is 5.94. The third kappa shape index (κ3) is 2.25. The highest BCUT2D eigenvalue weighted by Gasteiger charge is 2.24. The van der Waals surface area contributed by atoms with Crippen molar-refractivity contribution in [3.05, 3.63) is 64.5 Å². The number of anilines is 1. The van der Waals surface area contributed by atoms with Crippen molar-refractivity contribution in [3.8, 4) is 0 Å². The second kappa shape index (κ2) is 4.63. The maximum Gasteiger partial charge on any atom is 0.254 e. The number of aryl methyl sites for hydroxylation is 1. The quantitative estimate of drug-likeness (QED) is 0.810. The Morgan fingerprint density at radius 2 is 1.90 bits per heavy atom. The lowest BCUT2D eigenvalue weighted by Crippen LogP contribution is -2.25. The monoisotopic (exact) mass is 270 g/mol. The van der Waals surface area contributed by atoms with Gasteiger partial charge in [-0.3, -0.25) is 4.79 Å². The molecule has 1 aliphatic rings. The van der Waals surface area contributed by atoms with Gasteiger partial charge in [-0.25, -0.2) is 4.39 Å². The van der Waals surface area contributed by atoms with Gasteiger partial charge in [-0.15, -0.1) is 0 Å². The number of amides is 1. The number of carbonyl (C=O) groups is 1. The van der Waals surface area contributed by atoms with Crippen LogP contribution < -0.4 is 5.73 Å². The number of hydrogen-bond acceptors (Lipinski definition) is 2. The van der Waals surface area contributed by atoms with Gasteiger partial charge in [0, 0.05) is 24.3 Å². The Kier molecular flexibility index (Phi) is 2.93. The SMILES string of the molecule is Cc1cc(F)cc(C(=O)N2Cc3ccc(N)cc3C2)c1. The molecule has 2 aromatic rings. The molecule has 1 heterocycles. The molecular weight excluding hydrogens is 255 g/mol. The van der Waals surface area contributed by atoms with E-state index < -0.39 is 0 Å². The molecule has 4 heteroatoms. The van der Waals surface area contributed by atoms with E-state index in [2.05, 4.69) is 0 Å². The minimum Gasteiger partial charge on any atom is -0.399 e. The number of nitrogen functional groups attached to an aromatic ring is 1. The molecule has 0 aliphatic carbocycles. The Labute approximate surface area is 116 Å². The normalized spacial score (nSPS) is 13.4. The average Bonchev–Trinajstić information content (AvgIpc) is 2.79. The van der Waals surface area contributed by atoms with Crippen LogP contribution in [-0.2, 0) is 13.1 Å². The summed E-state index contributed by atoms with van der Waals surface area (Å²) in [4.78, 5) is 14.1. The van der Waals surface area contributed by atoms with Crippen molar-refractivity contribution >= 4 is 11.6 Å². The molecule has 102 valence electrons. The molecule has 0 bridgehead atoms. The number of fused-ring (bicyclic) bond motifs is 1. The van der Waals surface area contributed by atoms with E-state index in [1.165, 1.54) is 12.1 Å². The fourth-order valence-electron chi connectivity index (χ4n) is 2.60. The lowest BCUT2D eigenvalue weighted by atomic mass is 10.1. The van der Waals surface area contributed by atoms with Crippen molar-refractivity contribution in [2.24, 2.45) is 0 Å². The molecule has 20 heavy (non-hydrogen) atoms. The number of benzene rings is 2. The fourth-order valence-corrected chi connectivity index (χ4v) is 2.60. The van der Waals surface area contributed by atoms with E-state index in [0.29, 0.717) is 24.3 Å². The molecule has 0 saturated heterocycles. The number of nitrogens with zero attached hydrogens (tertiary/aromatic N) is 1. The zero-order valence-electron chi connectivity index (χ0n) is 11.2. The molecule has 0 saturated carbocycles. The molecule has 3 rings (SSSR count). The molecule has 0 unspecified atom stereocenters. The van der Waals surface area contributed by atoms with Gasteiger partial charge in [-0.2, -0.15) is 0 Å². The van der Waals surface area contributed by atoms with Crippen molar-refractivity contribution in [2.75, 3.05) is 5.73 Å². The van der Waals surface area contributed by atoms with E-state index in [9.17, 15) is 9.18 Å². The molecule has 3 nitrogen and oxygen atoms in total. The van der Waals surface area contributed by atoms with Crippen molar-refractivity contribution in [1.29, 1.82) is 0 Å². The van der Waals surface area contributed by atoms with Gasteiger partial charge in [0.2, 0.25) is 0 Å². The molecule has 0 fully saturated rings. The summed E-state index contributed by atoms with van der Waals surface area (Å²) in [5.74, 6) is -0.531. The summed E-state index contributed by atoms with van der Waals surface area (Å²) in [5, 5.41) is 0. The number of hydrogen-bond donors (Lipinski definition) is 1. The lowest BCUT2D eigenvalue weighted by Gasteiger charge is -2.15. The molecular formula is C16H15FN2O. The van der Waals surface area contributed by atoms with Crippen LogP contribution >= 0.6 is 0 Å². The van der Waals surface area contributed by atoms with Gasteiger partial charge in [0.15, 0.2) is 0 Å². The molecule has 1 amide bonds. The van der Waals surface area contributed by atoms with Crippen LogP contribution in [0, 0.1) is 12.7 Å². The molecule has 2 aromatic carbocycles. The molecule has 0 radical (unpaired) electrons. The number of nitrogens with two attached hydrogens (primary N) is 1. The van der Waals surface area contributed by atoms with Crippen LogP contribution in [0.1, 0.15) is 27.0 Å². The van der Waals surface area contributed by atoms with E-state index >= 15 is 0 Å². The second-order valence-corrected chi connectivity index (χ2v) is 5.21. The van der Waals surface area contributed by atoms with Gasteiger partial charge in [0.1, 0.15) is 5.82 Å². The summed E-state index contributed by atoms with van der Waals surface area (Å²) in [6.07, 6.45) is 0. The smallest absolute Gasteiger partial charge is 0.254 e. The van der Waals surface area contributed by atoms with Crippen molar-refractivity contribution < 1.29 is 9.18 Å². The van der Waals surface area contributed by atoms with E-state index in [1.807, 2.05) is 18.2 Å². The Morgan fingerprint density at radius 1 is 1.15 bits per heavy atom. The Hall–Kier alpha value is -2.36. The van der Waals surface area contributed by atoms with Gasteiger partial charge >= 0.3 is 0 Å². The van der Waals surface area contributed by atoms with Crippen molar-refractivity contribution in [2.45, 2.75) is 20.0 Å². The topological polar surface area (TPSA) is 46.3 Å². The van der Waals surface area contributed by atoms with Crippen LogP contribution in [0.4, 0.5) is 10.1 Å². The lowest BCUT2D eigenvalue weighted by molar-refractivity contribution is 0.0751. The van der Waals surface area contributed by atoms with E-state index in [0.717, 1.165) is 16.7 Å². The third-order valence-corrected chi connectivity index (χ3v) is 3.53. The van der Waals surface area contributed by atoms with Crippen LogP contribution in [0.3, 0.4) is 0 Å². The van der Waals surface area contributed by atoms with E-state index in [4.69, 9.17) is 5.73 Å². The first-order valence-corrected chi connectivity index (χ1v) is 6.47. The minimum atomic E-state index is -0.380. The number of rotatable bonds is 1. The average molecular weight is 270 g/mol. The maximum atomic E-state index is 13.4. The summed E-state index contributed by atoms with van der Waals surface area (Å²) in [6.45, 7) is 2.85. The largest absolute Gasteiger partial charge is 0.399 e. The fraction of sp³-hybridized carbons (Fsp3) is 0.188. The van der Waals surface area contributed by atoms with Crippen LogP contribution in [-0.4, -0.2) is 10.8 Å². The predicted octanol–water partition coefficient (Wildman–Crippen LogP) is 2.87. The van der Waals surface area contributed by atoms with Gasteiger partial charge in [0.05, 0.1) is 0 Å². The molecule has 0 atom stereocenters. The Morgan fingerprint density at radius 3 is 2.65 bits per heavy atom. The zero-order chi connectivity index (χ0) is 14.3. The Bertz CT molecular complexity index is 677.